The molecule has 2 rings (SSSR count). The molecule has 0 aliphatic carbocycles. The molecule has 21 heavy (non-hydrogen) atoms. The number of nitrogens with one attached hydrogen (secondary N) is 1. The number of carbonyl (C=O) groups is 1. The third kappa shape index (κ3) is 5.83. The van der Waals surface area contributed by atoms with Crippen molar-refractivity contribution in [1.82, 2.24) is 20.0 Å². The molecule has 1 aliphatic rings. The van der Waals surface area contributed by atoms with Crippen molar-refractivity contribution >= 4 is 5.91 Å². The average molecular weight is 296 g/mol. The van der Waals surface area contributed by atoms with Crippen molar-refractivity contribution < 1.29 is 9.18 Å². The lowest BCUT2D eigenvalue weighted by Gasteiger charge is -2.20. The number of halogens is 1. The Hall–Kier alpha value is -1.43. The first-order valence-corrected chi connectivity index (χ1v) is 7.84. The van der Waals surface area contributed by atoms with Gasteiger partial charge in [-0.1, -0.05) is 12.8 Å². The predicted molar refractivity (Wildman–Crippen MR) is 79.6 cm³/mol. The van der Waals surface area contributed by atoms with E-state index in [2.05, 4.69) is 15.3 Å². The highest BCUT2D eigenvalue weighted by Gasteiger charge is 2.11. The maximum absolute atomic E-state index is 12.3. The lowest BCUT2D eigenvalue weighted by molar-refractivity contribution is -0.121. The van der Waals surface area contributed by atoms with Gasteiger partial charge in [0.15, 0.2) is 0 Å². The molecule has 0 atom stereocenters. The van der Waals surface area contributed by atoms with Gasteiger partial charge in [-0.25, -0.2) is 4.39 Å². The van der Waals surface area contributed by atoms with Crippen molar-refractivity contribution in [3.8, 4) is 0 Å². The van der Waals surface area contributed by atoms with E-state index in [-0.39, 0.29) is 5.91 Å². The highest BCUT2D eigenvalue weighted by atomic mass is 19.1. The molecule has 0 saturated carbocycles. The Morgan fingerprint density at radius 1 is 1.24 bits per heavy atom. The van der Waals surface area contributed by atoms with Gasteiger partial charge in [0.05, 0.1) is 12.7 Å². The summed E-state index contributed by atoms with van der Waals surface area (Å²) in [6.07, 6.45) is 8.83. The summed E-state index contributed by atoms with van der Waals surface area (Å²) < 4.78 is 13.9. The van der Waals surface area contributed by atoms with Crippen LogP contribution in [-0.2, 0) is 17.9 Å². The maximum atomic E-state index is 12.3. The standard InChI is InChI=1S/C15H25FN4O/c16-6-10-20-13-14(11-18-20)12-19-8-4-2-1-3-7-17-15(21)5-9-19/h11,13H,1-10,12H2,(H,17,21). The molecule has 1 fully saturated rings. The summed E-state index contributed by atoms with van der Waals surface area (Å²) >= 11 is 0. The van der Waals surface area contributed by atoms with E-state index in [0.29, 0.717) is 13.0 Å². The molecule has 2 heterocycles. The van der Waals surface area contributed by atoms with Gasteiger partial charge in [0.2, 0.25) is 5.91 Å². The minimum Gasteiger partial charge on any atom is -0.356 e. The van der Waals surface area contributed by atoms with Crippen molar-refractivity contribution in [2.45, 2.75) is 45.2 Å². The van der Waals surface area contributed by atoms with E-state index in [0.717, 1.165) is 44.6 Å². The lowest BCUT2D eigenvalue weighted by atomic mass is 10.2. The lowest BCUT2D eigenvalue weighted by Crippen LogP contribution is -2.31. The van der Waals surface area contributed by atoms with Gasteiger partial charge in [0.1, 0.15) is 6.67 Å². The Morgan fingerprint density at radius 2 is 2.10 bits per heavy atom. The second kappa shape index (κ2) is 8.77. The van der Waals surface area contributed by atoms with Crippen LogP contribution >= 0.6 is 0 Å². The number of aromatic nitrogens is 2. The molecule has 6 heteroatoms. The van der Waals surface area contributed by atoms with Crippen LogP contribution in [0.3, 0.4) is 0 Å². The number of hydrogen-bond donors (Lipinski definition) is 1. The molecule has 1 aliphatic heterocycles. The fourth-order valence-corrected chi connectivity index (χ4v) is 2.61. The Morgan fingerprint density at radius 3 is 2.95 bits per heavy atom. The average Bonchev–Trinajstić information content (AvgIpc) is 2.88. The van der Waals surface area contributed by atoms with Crippen LogP contribution in [0.15, 0.2) is 12.4 Å². The molecule has 1 N–H and O–H groups in total. The van der Waals surface area contributed by atoms with E-state index >= 15 is 0 Å². The van der Waals surface area contributed by atoms with Crippen LogP contribution < -0.4 is 5.32 Å². The number of rotatable bonds is 4. The van der Waals surface area contributed by atoms with Crippen molar-refractivity contribution in [1.29, 1.82) is 0 Å². The predicted octanol–water partition coefficient (Wildman–Crippen LogP) is 1.73. The topological polar surface area (TPSA) is 50.2 Å². The van der Waals surface area contributed by atoms with Crippen LogP contribution in [0.2, 0.25) is 0 Å². The molecule has 0 aromatic carbocycles. The van der Waals surface area contributed by atoms with Crippen LogP contribution in [0.1, 0.15) is 37.7 Å². The van der Waals surface area contributed by atoms with Crippen molar-refractivity contribution in [3.63, 3.8) is 0 Å². The molecule has 0 unspecified atom stereocenters. The zero-order chi connectivity index (χ0) is 14.9. The summed E-state index contributed by atoms with van der Waals surface area (Å²) in [4.78, 5) is 14.0. The summed E-state index contributed by atoms with van der Waals surface area (Å²) in [6, 6.07) is 0. The highest BCUT2D eigenvalue weighted by molar-refractivity contribution is 5.75. The molecule has 118 valence electrons. The van der Waals surface area contributed by atoms with Crippen LogP contribution in [0.25, 0.3) is 0 Å². The molecular weight excluding hydrogens is 271 g/mol. The third-order valence-corrected chi connectivity index (χ3v) is 3.78. The third-order valence-electron chi connectivity index (χ3n) is 3.78. The Bertz CT molecular complexity index is 435. The van der Waals surface area contributed by atoms with Crippen molar-refractivity contribution in [3.05, 3.63) is 18.0 Å². The SMILES string of the molecule is O=C1CCN(Cc2cnn(CCF)c2)CCCCCCN1. The minimum absolute atomic E-state index is 0.134. The van der Waals surface area contributed by atoms with E-state index in [9.17, 15) is 9.18 Å². The maximum Gasteiger partial charge on any atom is 0.221 e. The van der Waals surface area contributed by atoms with E-state index in [1.54, 1.807) is 10.9 Å². The summed E-state index contributed by atoms with van der Waals surface area (Å²) in [5, 5.41) is 7.11. The number of nitrogens with zero attached hydrogens (tertiary/aromatic N) is 3. The van der Waals surface area contributed by atoms with Gasteiger partial charge in [-0.2, -0.15) is 5.10 Å². The Kier molecular flexibility index (Phi) is 6.66. The quantitative estimate of drug-likeness (QED) is 0.920. The van der Waals surface area contributed by atoms with Crippen LogP contribution in [-0.4, -0.2) is 46.9 Å². The van der Waals surface area contributed by atoms with E-state index in [1.807, 2.05) is 6.20 Å². The molecule has 0 radical (unpaired) electrons. The Labute approximate surface area is 125 Å². The molecule has 1 amide bonds. The van der Waals surface area contributed by atoms with Crippen LogP contribution in [0, 0.1) is 0 Å². The summed E-state index contributed by atoms with van der Waals surface area (Å²) in [5.41, 5.74) is 1.08. The molecule has 0 spiro atoms. The zero-order valence-electron chi connectivity index (χ0n) is 12.6. The van der Waals surface area contributed by atoms with E-state index in [1.165, 1.54) is 12.8 Å². The van der Waals surface area contributed by atoms with Crippen LogP contribution in [0.5, 0.6) is 0 Å². The van der Waals surface area contributed by atoms with Gasteiger partial charge in [-0.15, -0.1) is 0 Å². The van der Waals surface area contributed by atoms with E-state index < -0.39 is 6.67 Å². The molecule has 5 nitrogen and oxygen atoms in total. The summed E-state index contributed by atoms with van der Waals surface area (Å²) in [5.74, 6) is 0.134. The van der Waals surface area contributed by atoms with E-state index in [4.69, 9.17) is 0 Å². The number of hydrogen-bond acceptors (Lipinski definition) is 3. The first kappa shape index (κ1) is 15.9. The van der Waals surface area contributed by atoms with Gasteiger partial charge in [0, 0.05) is 37.8 Å². The highest BCUT2D eigenvalue weighted by Crippen LogP contribution is 2.09. The summed E-state index contributed by atoms with van der Waals surface area (Å²) in [7, 11) is 0. The number of amides is 1. The monoisotopic (exact) mass is 296 g/mol. The van der Waals surface area contributed by atoms with Gasteiger partial charge in [-0.3, -0.25) is 14.4 Å². The molecule has 0 bridgehead atoms. The normalized spacial score (nSPS) is 19.0. The number of alkyl halides is 1. The van der Waals surface area contributed by atoms with Crippen LogP contribution in [0.4, 0.5) is 4.39 Å². The fourth-order valence-electron chi connectivity index (χ4n) is 2.61. The Balaban J connectivity index is 1.88. The van der Waals surface area contributed by atoms with Gasteiger partial charge < -0.3 is 5.32 Å². The molecule has 1 saturated heterocycles. The molecule has 1 aromatic heterocycles. The first-order valence-electron chi connectivity index (χ1n) is 7.84. The van der Waals surface area contributed by atoms with Gasteiger partial charge in [-0.05, 0) is 19.4 Å². The first-order chi connectivity index (χ1) is 10.3. The fraction of sp³-hybridized carbons (Fsp3) is 0.733. The largest absolute Gasteiger partial charge is 0.356 e. The second-order valence-corrected chi connectivity index (χ2v) is 5.59. The number of aryl methyl sites for hydroxylation is 1. The second-order valence-electron chi connectivity index (χ2n) is 5.59. The van der Waals surface area contributed by atoms with Crippen molar-refractivity contribution in [2.75, 3.05) is 26.3 Å². The smallest absolute Gasteiger partial charge is 0.221 e. The summed E-state index contributed by atoms with van der Waals surface area (Å²) in [6.45, 7) is 3.25. The number of carbonyl (C=O) groups excluding carboxylic acids is 1. The van der Waals surface area contributed by atoms with Gasteiger partial charge in [0.25, 0.3) is 0 Å². The van der Waals surface area contributed by atoms with Crippen molar-refractivity contribution in [2.24, 2.45) is 0 Å². The van der Waals surface area contributed by atoms with Gasteiger partial charge >= 0.3 is 0 Å². The zero-order valence-corrected chi connectivity index (χ0v) is 12.6. The molecular formula is C15H25FN4O. The molecule has 1 aromatic rings. The minimum atomic E-state index is -0.398.